The van der Waals surface area contributed by atoms with Crippen LogP contribution in [0.3, 0.4) is 0 Å². The molecular formula is C16H19N3O2. The lowest BCUT2D eigenvalue weighted by Gasteiger charge is -2.25. The number of aromatic nitrogens is 1. The van der Waals surface area contributed by atoms with E-state index in [1.165, 1.54) is 17.4 Å². The fraction of sp³-hybridized carbons (Fsp3) is 0.375. The fourth-order valence-electron chi connectivity index (χ4n) is 2.78. The summed E-state index contributed by atoms with van der Waals surface area (Å²) < 4.78 is 5.25. The summed E-state index contributed by atoms with van der Waals surface area (Å²) >= 11 is 0. The molecule has 0 radical (unpaired) electrons. The number of rotatable bonds is 4. The topological polar surface area (TPSA) is 67.2 Å². The molecule has 2 N–H and O–H groups in total. The lowest BCUT2D eigenvalue weighted by atomic mass is 9.88. The summed E-state index contributed by atoms with van der Waals surface area (Å²) in [4.78, 5) is 16.5. The van der Waals surface area contributed by atoms with E-state index in [1.54, 1.807) is 0 Å². The Bertz CT molecular complexity index is 636. The summed E-state index contributed by atoms with van der Waals surface area (Å²) in [7, 11) is 1.81. The molecule has 0 fully saturated rings. The Morgan fingerprint density at radius 3 is 3.14 bits per heavy atom. The lowest BCUT2D eigenvalue weighted by molar-refractivity contribution is 0.0927. The van der Waals surface area contributed by atoms with Crippen molar-refractivity contribution in [2.45, 2.75) is 31.8 Å². The predicted molar refractivity (Wildman–Crippen MR) is 78.9 cm³/mol. The molecule has 0 bridgehead atoms. The third-order valence-corrected chi connectivity index (χ3v) is 3.79. The molecule has 1 aromatic carbocycles. The van der Waals surface area contributed by atoms with Crippen LogP contribution in [-0.4, -0.2) is 17.9 Å². The Hall–Kier alpha value is -2.14. The zero-order chi connectivity index (χ0) is 14.7. The van der Waals surface area contributed by atoms with Crippen LogP contribution in [0.5, 0.6) is 0 Å². The van der Waals surface area contributed by atoms with Crippen LogP contribution in [0.25, 0.3) is 0 Å². The van der Waals surface area contributed by atoms with E-state index < -0.39 is 0 Å². The largest absolute Gasteiger partial charge is 0.447 e. The number of fused-ring (bicyclic) bond motifs is 1. The summed E-state index contributed by atoms with van der Waals surface area (Å²) in [6, 6.07) is 8.35. The first-order chi connectivity index (χ1) is 10.3. The van der Waals surface area contributed by atoms with Crippen molar-refractivity contribution in [3.05, 3.63) is 53.2 Å². The van der Waals surface area contributed by atoms with Crippen LogP contribution < -0.4 is 10.6 Å². The van der Waals surface area contributed by atoms with E-state index in [2.05, 4.69) is 27.8 Å². The van der Waals surface area contributed by atoms with Crippen molar-refractivity contribution in [3.63, 3.8) is 0 Å². The first-order valence-electron chi connectivity index (χ1n) is 7.25. The number of aryl methyl sites for hydroxylation is 1. The van der Waals surface area contributed by atoms with Gasteiger partial charge in [0, 0.05) is 0 Å². The maximum Gasteiger partial charge on any atom is 0.273 e. The standard InChI is InChI=1S/C16H19N3O2/c1-17-9-15-18-14(10-21-15)16(20)19-13-8-4-6-11-5-2-3-7-12(11)13/h2-3,5,7,10,13,17H,4,6,8-9H2,1H3,(H,19,20). The Kier molecular flexibility index (Phi) is 4.01. The predicted octanol–water partition coefficient (Wildman–Crippen LogP) is 2.20. The Balaban J connectivity index is 1.73. The van der Waals surface area contributed by atoms with Gasteiger partial charge in [0.05, 0.1) is 12.6 Å². The SMILES string of the molecule is CNCc1nc(C(=O)NC2CCCc3ccccc32)co1. The molecule has 1 atom stereocenters. The smallest absolute Gasteiger partial charge is 0.273 e. The van der Waals surface area contributed by atoms with E-state index in [1.807, 2.05) is 19.2 Å². The lowest BCUT2D eigenvalue weighted by Crippen LogP contribution is -2.31. The fourth-order valence-corrected chi connectivity index (χ4v) is 2.78. The third-order valence-electron chi connectivity index (χ3n) is 3.79. The number of hydrogen-bond acceptors (Lipinski definition) is 4. The van der Waals surface area contributed by atoms with Crippen LogP contribution in [0, 0.1) is 0 Å². The number of nitrogens with one attached hydrogen (secondary N) is 2. The van der Waals surface area contributed by atoms with Crippen molar-refractivity contribution in [3.8, 4) is 0 Å². The maximum absolute atomic E-state index is 12.3. The maximum atomic E-state index is 12.3. The molecule has 2 aromatic rings. The van der Waals surface area contributed by atoms with Gasteiger partial charge in [-0.05, 0) is 37.4 Å². The van der Waals surface area contributed by atoms with Gasteiger partial charge in [-0.1, -0.05) is 24.3 Å². The van der Waals surface area contributed by atoms with Crippen molar-refractivity contribution in [1.82, 2.24) is 15.6 Å². The van der Waals surface area contributed by atoms with Crippen LogP contribution in [0.4, 0.5) is 0 Å². The number of carbonyl (C=O) groups is 1. The molecule has 5 heteroatoms. The molecule has 0 aliphatic heterocycles. The quantitative estimate of drug-likeness (QED) is 0.903. The molecule has 21 heavy (non-hydrogen) atoms. The molecule has 0 spiro atoms. The van der Waals surface area contributed by atoms with Crippen molar-refractivity contribution in [1.29, 1.82) is 0 Å². The van der Waals surface area contributed by atoms with E-state index in [9.17, 15) is 4.79 Å². The first-order valence-corrected chi connectivity index (χ1v) is 7.25. The molecule has 1 aliphatic rings. The molecule has 1 amide bonds. The van der Waals surface area contributed by atoms with Crippen molar-refractivity contribution < 1.29 is 9.21 Å². The van der Waals surface area contributed by atoms with Crippen LogP contribution >= 0.6 is 0 Å². The summed E-state index contributed by atoms with van der Waals surface area (Å²) in [6.07, 6.45) is 4.55. The van der Waals surface area contributed by atoms with Gasteiger partial charge < -0.3 is 15.1 Å². The van der Waals surface area contributed by atoms with Gasteiger partial charge >= 0.3 is 0 Å². The zero-order valence-corrected chi connectivity index (χ0v) is 12.1. The summed E-state index contributed by atoms with van der Waals surface area (Å²) in [5, 5.41) is 6.01. The second kappa shape index (κ2) is 6.10. The van der Waals surface area contributed by atoms with Crippen LogP contribution in [-0.2, 0) is 13.0 Å². The van der Waals surface area contributed by atoms with Crippen molar-refractivity contribution in [2.75, 3.05) is 7.05 Å². The average Bonchev–Trinajstić information content (AvgIpc) is 2.97. The number of amides is 1. The molecule has 1 unspecified atom stereocenters. The molecule has 1 heterocycles. The second-order valence-electron chi connectivity index (χ2n) is 5.27. The average molecular weight is 285 g/mol. The number of benzene rings is 1. The second-order valence-corrected chi connectivity index (χ2v) is 5.27. The van der Waals surface area contributed by atoms with Gasteiger partial charge in [-0.2, -0.15) is 0 Å². The van der Waals surface area contributed by atoms with E-state index in [4.69, 9.17) is 4.42 Å². The highest BCUT2D eigenvalue weighted by Gasteiger charge is 2.23. The minimum atomic E-state index is -0.178. The van der Waals surface area contributed by atoms with Gasteiger partial charge in [-0.3, -0.25) is 4.79 Å². The molecule has 5 nitrogen and oxygen atoms in total. The highest BCUT2D eigenvalue weighted by Crippen LogP contribution is 2.29. The summed E-state index contributed by atoms with van der Waals surface area (Å²) in [5.41, 5.74) is 2.88. The van der Waals surface area contributed by atoms with Gasteiger partial charge in [0.2, 0.25) is 5.89 Å². The Labute approximate surface area is 123 Å². The van der Waals surface area contributed by atoms with Crippen LogP contribution in [0.2, 0.25) is 0 Å². The van der Waals surface area contributed by atoms with Gasteiger partial charge in [-0.25, -0.2) is 4.98 Å². The van der Waals surface area contributed by atoms with Gasteiger partial charge in [0.15, 0.2) is 5.69 Å². The third kappa shape index (κ3) is 2.97. The number of oxazole rings is 1. The summed E-state index contributed by atoms with van der Waals surface area (Å²) in [5.74, 6) is 0.342. The number of carbonyl (C=O) groups excluding carboxylic acids is 1. The van der Waals surface area contributed by atoms with Crippen LogP contribution in [0.1, 0.15) is 46.4 Å². The van der Waals surface area contributed by atoms with Gasteiger partial charge in [0.1, 0.15) is 6.26 Å². The highest BCUT2D eigenvalue weighted by atomic mass is 16.3. The van der Waals surface area contributed by atoms with E-state index in [-0.39, 0.29) is 11.9 Å². The van der Waals surface area contributed by atoms with Crippen molar-refractivity contribution >= 4 is 5.91 Å². The first kappa shape index (κ1) is 13.8. The Morgan fingerprint density at radius 2 is 2.29 bits per heavy atom. The molecule has 1 aromatic heterocycles. The molecule has 3 rings (SSSR count). The molecule has 0 saturated heterocycles. The van der Waals surface area contributed by atoms with E-state index in [0.29, 0.717) is 18.1 Å². The van der Waals surface area contributed by atoms with Gasteiger partial charge in [0.25, 0.3) is 5.91 Å². The van der Waals surface area contributed by atoms with Gasteiger partial charge in [-0.15, -0.1) is 0 Å². The molecule has 0 saturated carbocycles. The summed E-state index contributed by atoms with van der Waals surface area (Å²) in [6.45, 7) is 0.513. The minimum Gasteiger partial charge on any atom is -0.447 e. The molecular weight excluding hydrogens is 266 g/mol. The van der Waals surface area contributed by atoms with Crippen LogP contribution in [0.15, 0.2) is 34.9 Å². The highest BCUT2D eigenvalue weighted by molar-refractivity contribution is 5.92. The zero-order valence-electron chi connectivity index (χ0n) is 12.1. The van der Waals surface area contributed by atoms with Crippen molar-refractivity contribution in [2.24, 2.45) is 0 Å². The molecule has 1 aliphatic carbocycles. The van der Waals surface area contributed by atoms with E-state index >= 15 is 0 Å². The Morgan fingerprint density at radius 1 is 1.43 bits per heavy atom. The number of hydrogen-bond donors (Lipinski definition) is 2. The molecule has 110 valence electrons. The monoisotopic (exact) mass is 285 g/mol. The minimum absolute atomic E-state index is 0.0619. The van der Waals surface area contributed by atoms with E-state index in [0.717, 1.165) is 19.3 Å². The number of nitrogens with zero attached hydrogens (tertiary/aromatic N) is 1. The normalized spacial score (nSPS) is 17.3.